The summed E-state index contributed by atoms with van der Waals surface area (Å²) < 4.78 is 4.90. The second-order valence-electron chi connectivity index (χ2n) is 2.26. The average Bonchev–Trinajstić information content (AvgIpc) is 2.03. The Morgan fingerprint density at radius 2 is 2.50 bits per heavy atom. The molecule has 0 atom stereocenters. The number of hydrogen-bond donors (Lipinski definition) is 1. The molecule has 0 aromatic carbocycles. The van der Waals surface area contributed by atoms with Gasteiger partial charge in [0.2, 0.25) is 0 Å². The fourth-order valence-corrected chi connectivity index (χ4v) is 0.835. The Labute approximate surface area is 69.8 Å². The molecule has 0 fully saturated rings. The van der Waals surface area contributed by atoms with Crippen LogP contribution in [-0.4, -0.2) is 23.2 Å². The van der Waals surface area contributed by atoms with Crippen LogP contribution in [-0.2, 0) is 11.2 Å². The van der Waals surface area contributed by atoms with Gasteiger partial charge < -0.3 is 9.84 Å². The van der Waals surface area contributed by atoms with Crippen molar-refractivity contribution in [3.05, 3.63) is 24.0 Å². The number of methoxy groups -OCH3 is 1. The zero-order valence-electron chi connectivity index (χ0n) is 6.65. The Hall–Kier alpha value is -1.58. The fraction of sp³-hybridized carbons (Fsp3) is 0.250. The van der Waals surface area contributed by atoms with E-state index in [4.69, 9.17) is 9.84 Å². The topological polar surface area (TPSA) is 59.4 Å². The molecule has 0 amide bonds. The van der Waals surface area contributed by atoms with Crippen LogP contribution in [0.3, 0.4) is 0 Å². The van der Waals surface area contributed by atoms with E-state index in [1.165, 1.54) is 13.3 Å². The summed E-state index contributed by atoms with van der Waals surface area (Å²) in [6.07, 6.45) is 1.45. The summed E-state index contributed by atoms with van der Waals surface area (Å²) in [5, 5.41) is 8.45. The normalized spacial score (nSPS) is 9.42. The SMILES string of the molecule is COc1ccnc(CC(=O)O)c1. The molecule has 0 aliphatic carbocycles. The predicted octanol–water partition coefficient (Wildman–Crippen LogP) is 0.717. The van der Waals surface area contributed by atoms with Crippen molar-refractivity contribution in [2.24, 2.45) is 0 Å². The lowest BCUT2D eigenvalue weighted by molar-refractivity contribution is -0.136. The molecule has 0 aliphatic rings. The maximum Gasteiger partial charge on any atom is 0.309 e. The van der Waals surface area contributed by atoms with E-state index in [0.717, 1.165) is 0 Å². The molecule has 4 nitrogen and oxygen atoms in total. The van der Waals surface area contributed by atoms with Gasteiger partial charge in [0.15, 0.2) is 0 Å². The first-order valence-corrected chi connectivity index (χ1v) is 3.43. The number of pyridine rings is 1. The van der Waals surface area contributed by atoms with Crippen LogP contribution in [0.2, 0.25) is 0 Å². The van der Waals surface area contributed by atoms with E-state index >= 15 is 0 Å². The first-order chi connectivity index (χ1) is 5.72. The highest BCUT2D eigenvalue weighted by atomic mass is 16.5. The number of carboxylic acid groups (broad SMARTS) is 1. The van der Waals surface area contributed by atoms with Crippen molar-refractivity contribution in [2.75, 3.05) is 7.11 Å². The van der Waals surface area contributed by atoms with E-state index in [0.29, 0.717) is 11.4 Å². The second kappa shape index (κ2) is 3.71. The Morgan fingerprint density at radius 3 is 3.08 bits per heavy atom. The number of nitrogens with zero attached hydrogens (tertiary/aromatic N) is 1. The van der Waals surface area contributed by atoms with Crippen molar-refractivity contribution >= 4 is 5.97 Å². The quantitative estimate of drug-likeness (QED) is 0.720. The Kier molecular flexibility index (Phi) is 2.63. The third kappa shape index (κ3) is 2.23. The van der Waals surface area contributed by atoms with Crippen molar-refractivity contribution in [1.82, 2.24) is 4.98 Å². The van der Waals surface area contributed by atoms with Crippen LogP contribution >= 0.6 is 0 Å². The number of rotatable bonds is 3. The maximum atomic E-state index is 10.3. The van der Waals surface area contributed by atoms with E-state index in [9.17, 15) is 4.79 Å². The lowest BCUT2D eigenvalue weighted by Crippen LogP contribution is -2.02. The van der Waals surface area contributed by atoms with Crippen LogP contribution in [0.25, 0.3) is 0 Å². The molecule has 0 unspecified atom stereocenters. The minimum Gasteiger partial charge on any atom is -0.497 e. The van der Waals surface area contributed by atoms with Crippen molar-refractivity contribution in [2.45, 2.75) is 6.42 Å². The molecule has 64 valence electrons. The van der Waals surface area contributed by atoms with Gasteiger partial charge >= 0.3 is 5.97 Å². The molecule has 0 saturated carbocycles. The van der Waals surface area contributed by atoms with Crippen molar-refractivity contribution in [1.29, 1.82) is 0 Å². The van der Waals surface area contributed by atoms with Gasteiger partial charge in [-0.15, -0.1) is 0 Å². The van der Waals surface area contributed by atoms with Gasteiger partial charge in [0.05, 0.1) is 19.2 Å². The average molecular weight is 167 g/mol. The molecule has 1 heterocycles. The van der Waals surface area contributed by atoms with Crippen molar-refractivity contribution in [3.8, 4) is 5.75 Å². The lowest BCUT2D eigenvalue weighted by atomic mass is 10.2. The number of ether oxygens (including phenoxy) is 1. The monoisotopic (exact) mass is 167 g/mol. The number of carbonyl (C=O) groups is 1. The van der Waals surface area contributed by atoms with E-state index in [-0.39, 0.29) is 6.42 Å². The van der Waals surface area contributed by atoms with Gasteiger partial charge in [-0.3, -0.25) is 9.78 Å². The second-order valence-corrected chi connectivity index (χ2v) is 2.26. The van der Waals surface area contributed by atoms with Crippen molar-refractivity contribution in [3.63, 3.8) is 0 Å². The number of aromatic nitrogens is 1. The van der Waals surface area contributed by atoms with E-state index in [1.54, 1.807) is 12.1 Å². The molecule has 0 spiro atoms. The number of carboxylic acids is 1. The Morgan fingerprint density at radius 1 is 1.75 bits per heavy atom. The molecule has 0 radical (unpaired) electrons. The van der Waals surface area contributed by atoms with Gasteiger partial charge in [-0.05, 0) is 6.07 Å². The summed E-state index contributed by atoms with van der Waals surface area (Å²) in [4.78, 5) is 14.2. The Balaban J connectivity index is 2.79. The van der Waals surface area contributed by atoms with Crippen molar-refractivity contribution < 1.29 is 14.6 Å². The molecule has 1 N–H and O–H groups in total. The van der Waals surface area contributed by atoms with Gasteiger partial charge in [0.1, 0.15) is 5.75 Å². The van der Waals surface area contributed by atoms with Crippen LogP contribution in [0.4, 0.5) is 0 Å². The minimum absolute atomic E-state index is 0.0722. The third-order valence-electron chi connectivity index (χ3n) is 1.36. The standard InChI is InChI=1S/C8H9NO3/c1-12-7-2-3-9-6(4-7)5-8(10)11/h2-4H,5H2,1H3,(H,10,11). The summed E-state index contributed by atoms with van der Waals surface area (Å²) in [6, 6.07) is 3.28. The zero-order chi connectivity index (χ0) is 8.97. The fourth-order valence-electron chi connectivity index (χ4n) is 0.835. The number of aliphatic carboxylic acids is 1. The van der Waals surface area contributed by atoms with Crippen LogP contribution in [0.15, 0.2) is 18.3 Å². The van der Waals surface area contributed by atoms with Crippen LogP contribution < -0.4 is 4.74 Å². The summed E-state index contributed by atoms with van der Waals surface area (Å²) in [5.41, 5.74) is 0.502. The van der Waals surface area contributed by atoms with Gasteiger partial charge in [-0.25, -0.2) is 0 Å². The van der Waals surface area contributed by atoms with Gasteiger partial charge in [-0.1, -0.05) is 0 Å². The number of hydrogen-bond acceptors (Lipinski definition) is 3. The molecule has 12 heavy (non-hydrogen) atoms. The molecular formula is C8H9NO3. The maximum absolute atomic E-state index is 10.3. The van der Waals surface area contributed by atoms with Gasteiger partial charge in [0.25, 0.3) is 0 Å². The van der Waals surface area contributed by atoms with E-state index in [1.807, 2.05) is 0 Å². The third-order valence-corrected chi connectivity index (χ3v) is 1.36. The summed E-state index contributed by atoms with van der Waals surface area (Å²) in [7, 11) is 1.53. The first kappa shape index (κ1) is 8.52. The first-order valence-electron chi connectivity index (χ1n) is 3.43. The summed E-state index contributed by atoms with van der Waals surface area (Å²) in [6.45, 7) is 0. The predicted molar refractivity (Wildman–Crippen MR) is 42.1 cm³/mol. The lowest BCUT2D eigenvalue weighted by Gasteiger charge is -2.00. The molecule has 4 heteroatoms. The highest BCUT2D eigenvalue weighted by Gasteiger charge is 2.02. The van der Waals surface area contributed by atoms with Crippen LogP contribution in [0.1, 0.15) is 5.69 Å². The van der Waals surface area contributed by atoms with Crippen LogP contribution in [0, 0.1) is 0 Å². The van der Waals surface area contributed by atoms with E-state index < -0.39 is 5.97 Å². The highest BCUT2D eigenvalue weighted by Crippen LogP contribution is 2.09. The minimum atomic E-state index is -0.893. The molecule has 0 saturated heterocycles. The molecular weight excluding hydrogens is 158 g/mol. The molecule has 0 bridgehead atoms. The summed E-state index contributed by atoms with van der Waals surface area (Å²) >= 11 is 0. The smallest absolute Gasteiger partial charge is 0.309 e. The molecule has 1 aromatic rings. The highest BCUT2D eigenvalue weighted by molar-refractivity contribution is 5.69. The van der Waals surface area contributed by atoms with Crippen LogP contribution in [0.5, 0.6) is 5.75 Å². The van der Waals surface area contributed by atoms with E-state index in [2.05, 4.69) is 4.98 Å². The molecule has 0 aliphatic heterocycles. The largest absolute Gasteiger partial charge is 0.497 e. The summed E-state index contributed by atoms with van der Waals surface area (Å²) in [5.74, 6) is -0.267. The Bertz CT molecular complexity index is 285. The zero-order valence-corrected chi connectivity index (χ0v) is 6.65. The molecule has 1 aromatic heterocycles. The molecule has 1 rings (SSSR count). The van der Waals surface area contributed by atoms with Gasteiger partial charge in [-0.2, -0.15) is 0 Å². The van der Waals surface area contributed by atoms with Gasteiger partial charge in [0, 0.05) is 12.3 Å².